The quantitative estimate of drug-likeness (QED) is 0.222. The van der Waals surface area contributed by atoms with Crippen molar-refractivity contribution in [1.82, 2.24) is 14.9 Å². The average molecular weight is 594 g/mol. The number of hydrogen-bond donors (Lipinski definition) is 3. The lowest BCUT2D eigenvalue weighted by Gasteiger charge is -2.26. The number of ether oxygens (including phenoxy) is 1. The molecule has 5 rings (SSSR count). The molecule has 2 heterocycles. The van der Waals surface area contributed by atoms with Crippen LogP contribution in [0.4, 0.5) is 21.6 Å². The smallest absolute Gasteiger partial charge is 0.290 e. The van der Waals surface area contributed by atoms with Crippen molar-refractivity contribution < 1.29 is 27.4 Å². The molecule has 220 valence electrons. The Morgan fingerprint density at radius 1 is 0.952 bits per heavy atom. The first-order valence-electron chi connectivity index (χ1n) is 13.3. The molecule has 42 heavy (non-hydrogen) atoms. The number of aryl methyl sites for hydroxylation is 1. The Kier molecular flexibility index (Phi) is 10.9. The minimum Gasteiger partial charge on any atom is -0.483 e. The summed E-state index contributed by atoms with van der Waals surface area (Å²) in [5, 5.41) is 10.1. The van der Waals surface area contributed by atoms with E-state index < -0.39 is 20.7 Å². The molecule has 1 aliphatic rings. The van der Waals surface area contributed by atoms with E-state index in [1.165, 1.54) is 30.1 Å². The maximum absolute atomic E-state index is 13.9. The van der Waals surface area contributed by atoms with Gasteiger partial charge in [-0.25, -0.2) is 22.8 Å². The number of morpholine rings is 1. The Hall–Kier alpha value is -4.39. The third kappa shape index (κ3) is 8.80. The van der Waals surface area contributed by atoms with Crippen LogP contribution in [0.3, 0.4) is 0 Å². The van der Waals surface area contributed by atoms with Crippen LogP contribution in [-0.2, 0) is 26.0 Å². The number of benzene rings is 3. The van der Waals surface area contributed by atoms with Crippen molar-refractivity contribution >= 4 is 33.7 Å². The van der Waals surface area contributed by atoms with E-state index in [0.717, 1.165) is 63.0 Å². The molecular formula is C30H32FN5O5S. The average Bonchev–Trinajstić information content (AvgIpc) is 3.00. The first-order chi connectivity index (χ1) is 20.4. The van der Waals surface area contributed by atoms with Gasteiger partial charge in [-0.05, 0) is 61.3 Å². The molecule has 1 saturated heterocycles. The minimum atomic E-state index is -4.04. The Bertz CT molecular complexity index is 1550. The number of carbonyl (C=O) groups is 1. The summed E-state index contributed by atoms with van der Waals surface area (Å²) in [5.41, 5.74) is 4.11. The van der Waals surface area contributed by atoms with Crippen LogP contribution in [0.25, 0.3) is 11.3 Å². The van der Waals surface area contributed by atoms with Crippen molar-refractivity contribution in [2.75, 3.05) is 42.9 Å². The number of halogens is 1. The Labute approximate surface area is 244 Å². The molecule has 1 aromatic heterocycles. The molecule has 0 aliphatic carbocycles. The standard InChI is InChI=1S/C29H30FN5O3S.CH2O2/c30-26-5-1-2-6-28(26)39(36,37)34-25-13-11-24(12-14-25)33-29-20-27(31-21-32-29)23-9-7-22(8-10-23)4-3-15-35-16-18-38-19-17-35;2-1-3/h1-2,5-14,20-21,34H,3-4,15-19H2,(H,31,32,33);1H,(H,2,3). The van der Waals surface area contributed by atoms with Gasteiger partial charge in [0.05, 0.1) is 18.9 Å². The summed E-state index contributed by atoms with van der Waals surface area (Å²) in [5.74, 6) is -0.199. The van der Waals surface area contributed by atoms with E-state index in [1.807, 2.05) is 6.07 Å². The third-order valence-electron chi connectivity index (χ3n) is 6.50. The zero-order valence-electron chi connectivity index (χ0n) is 22.8. The molecule has 3 aromatic carbocycles. The van der Waals surface area contributed by atoms with Crippen molar-refractivity contribution in [3.63, 3.8) is 0 Å². The van der Waals surface area contributed by atoms with E-state index in [4.69, 9.17) is 14.6 Å². The second-order valence-corrected chi connectivity index (χ2v) is 11.0. The summed E-state index contributed by atoms with van der Waals surface area (Å²) in [6, 6.07) is 22.2. The van der Waals surface area contributed by atoms with E-state index in [0.29, 0.717) is 17.2 Å². The van der Waals surface area contributed by atoms with Crippen LogP contribution in [0, 0.1) is 5.82 Å². The molecule has 0 spiro atoms. The van der Waals surface area contributed by atoms with E-state index in [9.17, 15) is 12.8 Å². The van der Waals surface area contributed by atoms with Gasteiger partial charge in [-0.2, -0.15) is 0 Å². The van der Waals surface area contributed by atoms with Crippen LogP contribution < -0.4 is 10.0 Å². The van der Waals surface area contributed by atoms with E-state index in [-0.39, 0.29) is 6.47 Å². The number of aromatic nitrogens is 2. The maximum Gasteiger partial charge on any atom is 0.290 e. The molecule has 0 radical (unpaired) electrons. The van der Waals surface area contributed by atoms with Gasteiger partial charge < -0.3 is 15.2 Å². The van der Waals surface area contributed by atoms with Gasteiger partial charge >= 0.3 is 0 Å². The summed E-state index contributed by atoms with van der Waals surface area (Å²) in [4.78, 5) is 19.1. The van der Waals surface area contributed by atoms with Gasteiger partial charge in [0.25, 0.3) is 16.5 Å². The van der Waals surface area contributed by atoms with Gasteiger partial charge in [0.2, 0.25) is 0 Å². The second-order valence-electron chi connectivity index (χ2n) is 9.39. The molecule has 0 bridgehead atoms. The molecule has 0 atom stereocenters. The topological polar surface area (TPSA) is 134 Å². The lowest BCUT2D eigenvalue weighted by Crippen LogP contribution is -2.36. The van der Waals surface area contributed by atoms with Gasteiger partial charge in [-0.15, -0.1) is 0 Å². The highest BCUT2D eigenvalue weighted by Crippen LogP contribution is 2.24. The van der Waals surface area contributed by atoms with Gasteiger partial charge in [0.15, 0.2) is 0 Å². The summed E-state index contributed by atoms with van der Waals surface area (Å²) in [7, 11) is -4.04. The van der Waals surface area contributed by atoms with Crippen molar-refractivity contribution in [3.05, 3.63) is 96.6 Å². The number of anilines is 3. The normalized spacial score (nSPS) is 13.5. The monoisotopic (exact) mass is 593 g/mol. The van der Waals surface area contributed by atoms with Crippen LogP contribution in [0.5, 0.6) is 0 Å². The zero-order chi connectivity index (χ0) is 29.8. The SMILES string of the molecule is O=CO.O=S(=O)(Nc1ccc(Nc2cc(-c3ccc(CCCN4CCOCC4)cc3)ncn2)cc1)c1ccccc1F. The predicted octanol–water partition coefficient (Wildman–Crippen LogP) is 4.79. The highest BCUT2D eigenvalue weighted by atomic mass is 32.2. The highest BCUT2D eigenvalue weighted by molar-refractivity contribution is 7.92. The molecular weight excluding hydrogens is 561 g/mol. The number of carboxylic acid groups (broad SMARTS) is 1. The van der Waals surface area contributed by atoms with Crippen LogP contribution in [0.2, 0.25) is 0 Å². The molecule has 4 aromatic rings. The summed E-state index contributed by atoms with van der Waals surface area (Å²) >= 11 is 0. The lowest BCUT2D eigenvalue weighted by molar-refractivity contribution is -0.122. The van der Waals surface area contributed by atoms with E-state index in [1.54, 1.807) is 24.3 Å². The number of sulfonamides is 1. The van der Waals surface area contributed by atoms with Crippen molar-refractivity contribution in [3.8, 4) is 11.3 Å². The van der Waals surface area contributed by atoms with Gasteiger partial charge in [0.1, 0.15) is 22.9 Å². The summed E-state index contributed by atoms with van der Waals surface area (Å²) in [6.45, 7) is 4.52. The fourth-order valence-corrected chi connectivity index (χ4v) is 5.54. The minimum absolute atomic E-state index is 0.250. The molecule has 10 nitrogen and oxygen atoms in total. The largest absolute Gasteiger partial charge is 0.483 e. The van der Waals surface area contributed by atoms with E-state index >= 15 is 0 Å². The Balaban J connectivity index is 0.00000129. The molecule has 1 aliphatic heterocycles. The lowest BCUT2D eigenvalue weighted by atomic mass is 10.1. The summed E-state index contributed by atoms with van der Waals surface area (Å²) in [6.07, 6.45) is 3.65. The van der Waals surface area contributed by atoms with Crippen LogP contribution in [0.15, 0.2) is 90.1 Å². The predicted molar refractivity (Wildman–Crippen MR) is 159 cm³/mol. The first kappa shape index (κ1) is 30.6. The molecule has 1 fully saturated rings. The van der Waals surface area contributed by atoms with Crippen molar-refractivity contribution in [2.45, 2.75) is 17.7 Å². The highest BCUT2D eigenvalue weighted by Gasteiger charge is 2.18. The molecule has 0 amide bonds. The van der Waals surface area contributed by atoms with Crippen LogP contribution >= 0.6 is 0 Å². The van der Waals surface area contributed by atoms with Crippen LogP contribution in [-0.4, -0.2) is 67.7 Å². The third-order valence-corrected chi connectivity index (χ3v) is 7.91. The van der Waals surface area contributed by atoms with Crippen molar-refractivity contribution in [1.29, 1.82) is 0 Å². The molecule has 12 heteroatoms. The Morgan fingerprint density at radius 3 is 2.31 bits per heavy atom. The number of nitrogens with zero attached hydrogens (tertiary/aromatic N) is 3. The number of nitrogens with one attached hydrogen (secondary N) is 2. The maximum atomic E-state index is 13.9. The molecule has 3 N–H and O–H groups in total. The van der Waals surface area contributed by atoms with Gasteiger partial charge in [-0.1, -0.05) is 36.4 Å². The van der Waals surface area contributed by atoms with Crippen LogP contribution in [0.1, 0.15) is 12.0 Å². The molecule has 0 saturated carbocycles. The molecule has 0 unspecified atom stereocenters. The fourth-order valence-electron chi connectivity index (χ4n) is 4.40. The zero-order valence-corrected chi connectivity index (χ0v) is 23.6. The van der Waals surface area contributed by atoms with E-state index in [2.05, 4.69) is 49.2 Å². The number of rotatable bonds is 10. The Morgan fingerprint density at radius 2 is 1.62 bits per heavy atom. The summed E-state index contributed by atoms with van der Waals surface area (Å²) < 4.78 is 46.8. The van der Waals surface area contributed by atoms with Crippen molar-refractivity contribution in [2.24, 2.45) is 0 Å². The first-order valence-corrected chi connectivity index (χ1v) is 14.8. The second kappa shape index (κ2) is 15.0. The fraction of sp³-hybridized carbons (Fsp3) is 0.233. The van der Waals surface area contributed by atoms with Gasteiger partial charge in [0, 0.05) is 36.1 Å². The number of hydrogen-bond acceptors (Lipinski definition) is 8. The van der Waals surface area contributed by atoms with Gasteiger partial charge in [-0.3, -0.25) is 14.4 Å².